The predicted octanol–water partition coefficient (Wildman–Crippen LogP) is 4.07. The third-order valence-electron chi connectivity index (χ3n) is 5.72. The minimum absolute atomic E-state index is 0.112. The van der Waals surface area contributed by atoms with E-state index in [0.717, 1.165) is 12.8 Å². The van der Waals surface area contributed by atoms with Crippen LogP contribution in [0.5, 0.6) is 0 Å². The van der Waals surface area contributed by atoms with Crippen LogP contribution in [0.25, 0.3) is 0 Å². The highest BCUT2D eigenvalue weighted by atomic mass is 16.5. The molecule has 0 saturated heterocycles. The average molecular weight is 320 g/mol. The monoisotopic (exact) mass is 320 g/mol. The molecule has 2 aromatic carbocycles. The molecule has 24 heavy (non-hydrogen) atoms. The van der Waals surface area contributed by atoms with Gasteiger partial charge in [0.05, 0.1) is 7.11 Å². The first-order valence-corrected chi connectivity index (χ1v) is 8.92. The van der Waals surface area contributed by atoms with E-state index in [1.165, 1.54) is 49.5 Å². The third kappa shape index (κ3) is 2.86. The first-order valence-electron chi connectivity index (χ1n) is 8.92. The fraction of sp³-hybridized carbons (Fsp3) is 0.409. The molecule has 0 atom stereocenters. The normalized spacial score (nSPS) is 16.9. The van der Waals surface area contributed by atoms with Crippen molar-refractivity contribution >= 4 is 5.97 Å². The van der Waals surface area contributed by atoms with E-state index >= 15 is 0 Å². The Morgan fingerprint density at radius 1 is 0.958 bits per heavy atom. The Morgan fingerprint density at radius 3 is 2.25 bits per heavy atom. The van der Waals surface area contributed by atoms with E-state index in [9.17, 15) is 4.79 Å². The Kier molecular flexibility index (Phi) is 3.91. The van der Waals surface area contributed by atoms with Gasteiger partial charge in [0.2, 0.25) is 0 Å². The van der Waals surface area contributed by atoms with Gasteiger partial charge >= 0.3 is 5.97 Å². The van der Waals surface area contributed by atoms with Crippen molar-refractivity contribution in [3.05, 3.63) is 70.3 Å². The maximum Gasteiger partial charge on any atom is 0.305 e. The molecule has 0 bridgehead atoms. The van der Waals surface area contributed by atoms with Crippen molar-refractivity contribution in [1.29, 1.82) is 0 Å². The van der Waals surface area contributed by atoms with Gasteiger partial charge in [-0.3, -0.25) is 4.79 Å². The van der Waals surface area contributed by atoms with E-state index in [2.05, 4.69) is 42.5 Å². The second-order valence-electron chi connectivity index (χ2n) is 7.51. The van der Waals surface area contributed by atoms with Crippen molar-refractivity contribution in [3.63, 3.8) is 0 Å². The highest BCUT2D eigenvalue weighted by Gasteiger charge is 2.41. The van der Waals surface area contributed by atoms with Gasteiger partial charge < -0.3 is 4.74 Å². The van der Waals surface area contributed by atoms with Crippen LogP contribution in [0.15, 0.2) is 42.5 Å². The fourth-order valence-corrected chi connectivity index (χ4v) is 4.60. The van der Waals surface area contributed by atoms with E-state index in [4.69, 9.17) is 4.74 Å². The van der Waals surface area contributed by atoms with E-state index < -0.39 is 0 Å². The smallest absolute Gasteiger partial charge is 0.305 e. The summed E-state index contributed by atoms with van der Waals surface area (Å²) in [6, 6.07) is 15.9. The quantitative estimate of drug-likeness (QED) is 0.794. The Morgan fingerprint density at radius 2 is 1.58 bits per heavy atom. The number of hydrogen-bond acceptors (Lipinski definition) is 2. The molecule has 0 aromatic heterocycles. The molecule has 0 N–H and O–H groups in total. The van der Waals surface area contributed by atoms with E-state index in [-0.39, 0.29) is 5.97 Å². The molecule has 4 rings (SSSR count). The zero-order valence-corrected chi connectivity index (χ0v) is 14.3. The number of rotatable bonds is 4. The maximum absolute atomic E-state index is 11.2. The van der Waals surface area contributed by atoms with Crippen LogP contribution in [0, 0.1) is 5.41 Å². The van der Waals surface area contributed by atoms with Crippen LogP contribution in [-0.4, -0.2) is 13.1 Å². The minimum Gasteiger partial charge on any atom is -0.469 e. The van der Waals surface area contributed by atoms with Crippen molar-refractivity contribution in [2.75, 3.05) is 7.11 Å². The zero-order chi connectivity index (χ0) is 16.6. The van der Waals surface area contributed by atoms with Crippen LogP contribution in [0.1, 0.15) is 40.7 Å². The molecule has 0 amide bonds. The summed E-state index contributed by atoms with van der Waals surface area (Å²) in [5.74, 6) is -0.112. The minimum atomic E-state index is -0.112. The summed E-state index contributed by atoms with van der Waals surface area (Å²) in [4.78, 5) is 11.2. The standard InChI is InChI=1S/C22H24O2/c1-24-21(23)8-4-5-16-9-10-19-14-22(15-20(19)11-16)12-17-6-2-3-7-18(17)13-22/h2-3,6-7,9-11H,4-5,8,12-15H2,1H3. The second-order valence-corrected chi connectivity index (χ2v) is 7.51. The molecule has 0 aliphatic heterocycles. The van der Waals surface area contributed by atoms with Gasteiger partial charge in [-0.2, -0.15) is 0 Å². The Bertz CT molecular complexity index is 750. The van der Waals surface area contributed by atoms with Gasteiger partial charge in [0.15, 0.2) is 0 Å². The number of aryl methyl sites for hydroxylation is 1. The molecule has 2 heteroatoms. The molecule has 0 unspecified atom stereocenters. The molecule has 0 saturated carbocycles. The number of methoxy groups -OCH3 is 1. The molecule has 124 valence electrons. The van der Waals surface area contributed by atoms with Crippen LogP contribution in [0.2, 0.25) is 0 Å². The lowest BCUT2D eigenvalue weighted by Gasteiger charge is -2.21. The molecule has 2 aromatic rings. The second kappa shape index (κ2) is 6.08. The lowest BCUT2D eigenvalue weighted by Crippen LogP contribution is -2.21. The highest BCUT2D eigenvalue weighted by molar-refractivity contribution is 5.69. The fourth-order valence-electron chi connectivity index (χ4n) is 4.60. The molecule has 1 spiro atoms. The molecule has 0 radical (unpaired) electrons. The van der Waals surface area contributed by atoms with Gasteiger partial charge in [-0.15, -0.1) is 0 Å². The summed E-state index contributed by atoms with van der Waals surface area (Å²) in [6.45, 7) is 0. The summed E-state index contributed by atoms with van der Waals surface area (Å²) in [6.07, 6.45) is 7.16. The van der Waals surface area contributed by atoms with Gasteiger partial charge in [0.1, 0.15) is 0 Å². The molecular formula is C22H24O2. The molecule has 0 heterocycles. The Balaban J connectivity index is 1.45. The highest BCUT2D eigenvalue weighted by Crippen LogP contribution is 2.47. The first kappa shape index (κ1) is 15.4. The number of benzene rings is 2. The number of esters is 1. The lowest BCUT2D eigenvalue weighted by atomic mass is 9.82. The van der Waals surface area contributed by atoms with Crippen molar-refractivity contribution in [2.45, 2.75) is 44.9 Å². The van der Waals surface area contributed by atoms with Crippen LogP contribution in [0.3, 0.4) is 0 Å². The molecule has 2 nitrogen and oxygen atoms in total. The maximum atomic E-state index is 11.2. The zero-order valence-electron chi connectivity index (χ0n) is 14.3. The van der Waals surface area contributed by atoms with Crippen molar-refractivity contribution < 1.29 is 9.53 Å². The molecule has 0 fully saturated rings. The number of fused-ring (bicyclic) bond motifs is 2. The topological polar surface area (TPSA) is 26.3 Å². The average Bonchev–Trinajstić information content (AvgIpc) is 3.12. The summed E-state index contributed by atoms with van der Waals surface area (Å²) in [5.41, 5.74) is 7.91. The van der Waals surface area contributed by atoms with Crippen molar-refractivity contribution in [1.82, 2.24) is 0 Å². The van der Waals surface area contributed by atoms with Crippen LogP contribution >= 0.6 is 0 Å². The van der Waals surface area contributed by atoms with Gasteiger partial charge in [-0.25, -0.2) is 0 Å². The summed E-state index contributed by atoms with van der Waals surface area (Å²) in [5, 5.41) is 0. The van der Waals surface area contributed by atoms with Gasteiger partial charge in [0, 0.05) is 6.42 Å². The first-order chi connectivity index (χ1) is 11.7. The number of ether oxygens (including phenoxy) is 1. The van der Waals surface area contributed by atoms with Crippen molar-refractivity contribution in [3.8, 4) is 0 Å². The van der Waals surface area contributed by atoms with E-state index in [0.29, 0.717) is 11.8 Å². The van der Waals surface area contributed by atoms with Crippen LogP contribution in [0.4, 0.5) is 0 Å². The van der Waals surface area contributed by atoms with E-state index in [1.807, 2.05) is 0 Å². The van der Waals surface area contributed by atoms with E-state index in [1.54, 1.807) is 11.1 Å². The number of carbonyl (C=O) groups excluding carboxylic acids is 1. The summed E-state index contributed by atoms with van der Waals surface area (Å²) < 4.78 is 4.72. The van der Waals surface area contributed by atoms with Gasteiger partial charge in [0.25, 0.3) is 0 Å². The summed E-state index contributed by atoms with van der Waals surface area (Å²) >= 11 is 0. The van der Waals surface area contributed by atoms with Gasteiger partial charge in [-0.05, 0) is 71.8 Å². The van der Waals surface area contributed by atoms with Crippen LogP contribution < -0.4 is 0 Å². The van der Waals surface area contributed by atoms with Gasteiger partial charge in [-0.1, -0.05) is 42.5 Å². The molecular weight excluding hydrogens is 296 g/mol. The van der Waals surface area contributed by atoms with Crippen molar-refractivity contribution in [2.24, 2.45) is 5.41 Å². The SMILES string of the molecule is COC(=O)CCCc1ccc2c(c1)CC1(Cc3ccccc3C1)C2. The number of hydrogen-bond donors (Lipinski definition) is 0. The summed E-state index contributed by atoms with van der Waals surface area (Å²) in [7, 11) is 1.46. The largest absolute Gasteiger partial charge is 0.469 e. The lowest BCUT2D eigenvalue weighted by molar-refractivity contribution is -0.140. The molecule has 2 aliphatic carbocycles. The third-order valence-corrected chi connectivity index (χ3v) is 5.72. The molecule has 2 aliphatic rings. The predicted molar refractivity (Wildman–Crippen MR) is 95.1 cm³/mol. The van der Waals surface area contributed by atoms with Crippen LogP contribution in [-0.2, 0) is 41.6 Å². The Hall–Kier alpha value is -2.09. The Labute approximate surface area is 143 Å². The number of carbonyl (C=O) groups is 1.